The summed E-state index contributed by atoms with van der Waals surface area (Å²) in [4.78, 5) is 16.4. The lowest BCUT2D eigenvalue weighted by atomic mass is 9.96. The van der Waals surface area contributed by atoms with Gasteiger partial charge < -0.3 is 15.1 Å². The first-order chi connectivity index (χ1) is 18.5. The van der Waals surface area contributed by atoms with Crippen molar-refractivity contribution in [2.45, 2.75) is 32.7 Å². The molecule has 7 heteroatoms. The van der Waals surface area contributed by atoms with E-state index in [1.165, 1.54) is 24.9 Å². The van der Waals surface area contributed by atoms with Gasteiger partial charge in [-0.3, -0.25) is 20.3 Å². The van der Waals surface area contributed by atoms with Crippen LogP contribution in [0.4, 0.5) is 11.4 Å². The van der Waals surface area contributed by atoms with Gasteiger partial charge >= 0.3 is 0 Å². The van der Waals surface area contributed by atoms with Gasteiger partial charge in [0.25, 0.3) is 0 Å². The van der Waals surface area contributed by atoms with Crippen LogP contribution < -0.4 is 10.2 Å². The van der Waals surface area contributed by atoms with Crippen molar-refractivity contribution in [1.29, 1.82) is 5.41 Å². The Bertz CT molecular complexity index is 1270. The van der Waals surface area contributed by atoms with E-state index in [2.05, 4.69) is 73.9 Å². The fourth-order valence-electron chi connectivity index (χ4n) is 5.21. The van der Waals surface area contributed by atoms with Crippen LogP contribution in [0.1, 0.15) is 36.1 Å². The Morgan fingerprint density at radius 3 is 2.45 bits per heavy atom. The topological polar surface area (TPSA) is 71.4 Å². The van der Waals surface area contributed by atoms with Crippen LogP contribution in [-0.4, -0.2) is 71.8 Å². The van der Waals surface area contributed by atoms with E-state index in [1.54, 1.807) is 0 Å². The number of likely N-dealkylation sites (N-methyl/N-ethyl adjacent to an activating group) is 1. The Morgan fingerprint density at radius 1 is 0.921 bits per heavy atom. The molecule has 0 bridgehead atoms. The van der Waals surface area contributed by atoms with Gasteiger partial charge in [-0.2, -0.15) is 0 Å². The van der Waals surface area contributed by atoms with Gasteiger partial charge in [0.1, 0.15) is 0 Å². The third-order valence-electron chi connectivity index (χ3n) is 7.69. The first-order valence-corrected chi connectivity index (χ1v) is 13.7. The maximum atomic E-state index is 8.90. The molecule has 2 N–H and O–H groups in total. The molecule has 2 aliphatic heterocycles. The van der Waals surface area contributed by atoms with Crippen molar-refractivity contribution in [2.75, 3.05) is 56.5 Å². The van der Waals surface area contributed by atoms with E-state index in [1.807, 2.05) is 31.6 Å². The largest absolute Gasteiger partial charge is 0.370 e. The number of rotatable bonds is 8. The standard InChI is InChI=1S/C31H39N7/c1-23-7-8-25(26-17-29(21-33-19-26)38-11-5-4-6-12-38)18-30(23)31(32)24(2)35-27-9-10-28(34-20-27)22-37-15-13-36(3)14-16-37/h7-10,17-21,32,35H,2,4-6,11-16,22H2,1,3H3. The number of nitrogens with zero attached hydrogens (tertiary/aromatic N) is 5. The Balaban J connectivity index is 1.25. The number of allylic oxidation sites excluding steroid dienone is 1. The minimum absolute atomic E-state index is 0.381. The van der Waals surface area contributed by atoms with Crippen molar-refractivity contribution in [3.05, 3.63) is 84.1 Å². The molecular weight excluding hydrogens is 470 g/mol. The first kappa shape index (κ1) is 26.1. The van der Waals surface area contributed by atoms with E-state index in [4.69, 9.17) is 5.41 Å². The first-order valence-electron chi connectivity index (χ1n) is 13.7. The van der Waals surface area contributed by atoms with Crippen molar-refractivity contribution < 1.29 is 0 Å². The van der Waals surface area contributed by atoms with Crippen LogP contribution in [0, 0.1) is 12.3 Å². The summed E-state index contributed by atoms with van der Waals surface area (Å²) in [6, 6.07) is 12.6. The molecule has 5 rings (SSSR count). The predicted molar refractivity (Wildman–Crippen MR) is 157 cm³/mol. The fourth-order valence-corrected chi connectivity index (χ4v) is 5.21. The van der Waals surface area contributed by atoms with Gasteiger partial charge in [0.15, 0.2) is 0 Å². The number of aryl methyl sites for hydroxylation is 1. The lowest BCUT2D eigenvalue weighted by molar-refractivity contribution is 0.147. The average Bonchev–Trinajstić information content (AvgIpc) is 2.96. The van der Waals surface area contributed by atoms with Crippen LogP contribution in [0.15, 0.2) is 67.3 Å². The zero-order chi connectivity index (χ0) is 26.5. The van der Waals surface area contributed by atoms with Crippen molar-refractivity contribution in [1.82, 2.24) is 19.8 Å². The lowest BCUT2D eigenvalue weighted by Crippen LogP contribution is -2.43. The zero-order valence-corrected chi connectivity index (χ0v) is 22.7. The van der Waals surface area contributed by atoms with Crippen LogP contribution >= 0.6 is 0 Å². The minimum atomic E-state index is 0.381. The second-order valence-corrected chi connectivity index (χ2v) is 10.6. The van der Waals surface area contributed by atoms with Crippen LogP contribution in [0.25, 0.3) is 11.1 Å². The highest BCUT2D eigenvalue weighted by Gasteiger charge is 2.16. The van der Waals surface area contributed by atoms with E-state index in [-0.39, 0.29) is 0 Å². The molecule has 0 saturated carbocycles. The lowest BCUT2D eigenvalue weighted by Gasteiger charge is -2.32. The van der Waals surface area contributed by atoms with E-state index in [0.29, 0.717) is 11.4 Å². The highest BCUT2D eigenvalue weighted by molar-refractivity contribution is 6.13. The molecule has 3 aromatic rings. The molecule has 0 radical (unpaired) electrons. The number of nitrogens with one attached hydrogen (secondary N) is 2. The maximum Gasteiger partial charge on any atom is 0.0843 e. The van der Waals surface area contributed by atoms with Gasteiger partial charge in [0.2, 0.25) is 0 Å². The molecule has 0 atom stereocenters. The Morgan fingerprint density at radius 2 is 1.71 bits per heavy atom. The van der Waals surface area contributed by atoms with Gasteiger partial charge in [-0.1, -0.05) is 18.7 Å². The van der Waals surface area contributed by atoms with E-state index < -0.39 is 0 Å². The maximum absolute atomic E-state index is 8.90. The van der Waals surface area contributed by atoms with Gasteiger partial charge in [0.05, 0.1) is 40.9 Å². The van der Waals surface area contributed by atoms with Crippen LogP contribution in [0.5, 0.6) is 0 Å². The summed E-state index contributed by atoms with van der Waals surface area (Å²) in [6.07, 6.45) is 9.49. The molecule has 0 amide bonds. The molecule has 38 heavy (non-hydrogen) atoms. The third-order valence-corrected chi connectivity index (χ3v) is 7.69. The number of anilines is 2. The Hall–Kier alpha value is -3.55. The quantitative estimate of drug-likeness (QED) is 0.408. The van der Waals surface area contributed by atoms with Crippen molar-refractivity contribution in [3.8, 4) is 11.1 Å². The SMILES string of the molecule is C=C(Nc1ccc(CN2CCN(C)CC2)nc1)C(=N)c1cc(-c2cncc(N3CCCCC3)c2)ccc1C. The summed E-state index contributed by atoms with van der Waals surface area (Å²) in [7, 11) is 2.17. The van der Waals surface area contributed by atoms with Gasteiger partial charge in [-0.05, 0) is 68.6 Å². The molecule has 7 nitrogen and oxygen atoms in total. The fraction of sp³-hybridized carbons (Fsp3) is 0.387. The monoisotopic (exact) mass is 509 g/mol. The molecule has 0 aliphatic carbocycles. The molecular formula is C31H39N7. The van der Waals surface area contributed by atoms with Gasteiger partial charge in [-0.15, -0.1) is 0 Å². The summed E-state index contributed by atoms with van der Waals surface area (Å²) in [5.41, 5.74) is 8.05. The summed E-state index contributed by atoms with van der Waals surface area (Å²) in [5.74, 6) is 0. The second kappa shape index (κ2) is 11.9. The number of hydrogen-bond donors (Lipinski definition) is 2. The Labute approximate surface area is 226 Å². The summed E-state index contributed by atoms with van der Waals surface area (Å²) >= 11 is 0. The molecule has 2 aromatic heterocycles. The van der Waals surface area contributed by atoms with Crippen molar-refractivity contribution in [2.24, 2.45) is 0 Å². The van der Waals surface area contributed by atoms with Gasteiger partial charge in [-0.25, -0.2) is 0 Å². The van der Waals surface area contributed by atoms with Crippen molar-refractivity contribution >= 4 is 17.1 Å². The van der Waals surface area contributed by atoms with E-state index in [9.17, 15) is 0 Å². The van der Waals surface area contributed by atoms with Crippen LogP contribution in [0.3, 0.4) is 0 Å². The van der Waals surface area contributed by atoms with Crippen LogP contribution in [0.2, 0.25) is 0 Å². The molecule has 2 aliphatic rings. The zero-order valence-electron chi connectivity index (χ0n) is 22.7. The molecule has 0 spiro atoms. The summed E-state index contributed by atoms with van der Waals surface area (Å²) in [6.45, 7) is 13.6. The van der Waals surface area contributed by atoms with Crippen molar-refractivity contribution in [3.63, 3.8) is 0 Å². The number of benzene rings is 1. The number of hydrogen-bond acceptors (Lipinski definition) is 7. The van der Waals surface area contributed by atoms with E-state index in [0.717, 1.165) is 79.4 Å². The predicted octanol–water partition coefficient (Wildman–Crippen LogP) is 5.18. The summed E-state index contributed by atoms with van der Waals surface area (Å²) < 4.78 is 0. The highest BCUT2D eigenvalue weighted by atomic mass is 15.2. The summed E-state index contributed by atoms with van der Waals surface area (Å²) in [5, 5.41) is 12.2. The molecule has 2 saturated heterocycles. The third kappa shape index (κ3) is 6.29. The second-order valence-electron chi connectivity index (χ2n) is 10.6. The Kier molecular flexibility index (Phi) is 8.15. The molecule has 198 valence electrons. The number of piperazine rings is 1. The van der Waals surface area contributed by atoms with Gasteiger partial charge in [0, 0.05) is 63.1 Å². The van der Waals surface area contributed by atoms with Crippen LogP contribution in [-0.2, 0) is 6.54 Å². The average molecular weight is 510 g/mol. The highest BCUT2D eigenvalue weighted by Crippen LogP contribution is 2.28. The number of pyridine rings is 2. The molecule has 0 unspecified atom stereocenters. The minimum Gasteiger partial charge on any atom is -0.370 e. The number of piperidine rings is 1. The molecule has 4 heterocycles. The van der Waals surface area contributed by atoms with E-state index >= 15 is 0 Å². The number of aromatic nitrogens is 2. The molecule has 2 fully saturated rings. The normalized spacial score (nSPS) is 16.8. The smallest absolute Gasteiger partial charge is 0.0843 e. The molecule has 1 aromatic carbocycles.